The third-order valence-electron chi connectivity index (χ3n) is 3.73. The van der Waals surface area contributed by atoms with Crippen molar-refractivity contribution in [2.45, 2.75) is 24.9 Å². The van der Waals surface area contributed by atoms with Crippen molar-refractivity contribution in [3.05, 3.63) is 17.9 Å². The maximum absolute atomic E-state index is 12.3. The van der Waals surface area contributed by atoms with E-state index in [-0.39, 0.29) is 28.6 Å². The van der Waals surface area contributed by atoms with Gasteiger partial charge in [0.05, 0.1) is 12.5 Å². The molecule has 9 heteroatoms. The lowest BCUT2D eigenvalue weighted by Gasteiger charge is -2.30. The Balaban J connectivity index is 1.99. The van der Waals surface area contributed by atoms with Crippen LogP contribution >= 0.6 is 0 Å². The molecule has 1 aromatic rings. The van der Waals surface area contributed by atoms with Crippen LogP contribution in [0.3, 0.4) is 0 Å². The molecular formula is C14H20N2O6S. The molecule has 0 atom stereocenters. The van der Waals surface area contributed by atoms with E-state index in [0.717, 1.165) is 0 Å². The van der Waals surface area contributed by atoms with Crippen molar-refractivity contribution in [3.8, 4) is 0 Å². The Hall–Kier alpha value is -1.87. The fourth-order valence-electron chi connectivity index (χ4n) is 2.41. The molecule has 0 bridgehead atoms. The van der Waals surface area contributed by atoms with Crippen LogP contribution in [0.2, 0.25) is 0 Å². The summed E-state index contributed by atoms with van der Waals surface area (Å²) in [6.45, 7) is 2.89. The van der Waals surface area contributed by atoms with Crippen molar-refractivity contribution in [2.24, 2.45) is 5.92 Å². The van der Waals surface area contributed by atoms with Crippen LogP contribution in [0.5, 0.6) is 0 Å². The maximum Gasteiger partial charge on any atom is 0.309 e. The quantitative estimate of drug-likeness (QED) is 0.784. The topological polar surface area (TPSA) is 106 Å². The van der Waals surface area contributed by atoms with Gasteiger partial charge in [0.15, 0.2) is 5.76 Å². The minimum Gasteiger partial charge on any atom is -0.466 e. The number of carbonyl (C=O) groups is 2. The van der Waals surface area contributed by atoms with Gasteiger partial charge in [-0.25, -0.2) is 13.1 Å². The highest BCUT2D eigenvalue weighted by atomic mass is 32.2. The lowest BCUT2D eigenvalue weighted by Crippen LogP contribution is -2.40. The largest absolute Gasteiger partial charge is 0.466 e. The summed E-state index contributed by atoms with van der Waals surface area (Å²) in [4.78, 5) is 25.6. The summed E-state index contributed by atoms with van der Waals surface area (Å²) in [5.74, 6) is -0.853. The van der Waals surface area contributed by atoms with E-state index < -0.39 is 10.0 Å². The van der Waals surface area contributed by atoms with E-state index in [9.17, 15) is 18.0 Å². The van der Waals surface area contributed by atoms with E-state index >= 15 is 0 Å². The van der Waals surface area contributed by atoms with Crippen LogP contribution in [0.4, 0.5) is 0 Å². The highest BCUT2D eigenvalue weighted by Crippen LogP contribution is 2.22. The van der Waals surface area contributed by atoms with Gasteiger partial charge in [0, 0.05) is 13.1 Å². The number of sulfonamides is 1. The first-order valence-electron chi connectivity index (χ1n) is 7.38. The summed E-state index contributed by atoms with van der Waals surface area (Å²) < 4.78 is 35.5. The molecular weight excluding hydrogens is 324 g/mol. The number of amides is 1. The average molecular weight is 344 g/mol. The molecule has 0 spiro atoms. The first-order valence-corrected chi connectivity index (χ1v) is 8.86. The van der Waals surface area contributed by atoms with Gasteiger partial charge in [0.1, 0.15) is 0 Å². The summed E-state index contributed by atoms with van der Waals surface area (Å²) >= 11 is 0. The third kappa shape index (κ3) is 3.91. The molecule has 0 saturated carbocycles. The Morgan fingerprint density at radius 3 is 2.57 bits per heavy atom. The maximum atomic E-state index is 12.3. The number of hydrogen-bond donors (Lipinski definition) is 1. The molecule has 0 aromatic carbocycles. The van der Waals surface area contributed by atoms with Gasteiger partial charge in [-0.2, -0.15) is 0 Å². The van der Waals surface area contributed by atoms with Crippen molar-refractivity contribution < 1.29 is 27.2 Å². The Bertz CT molecular complexity index is 673. The molecule has 8 nitrogen and oxygen atoms in total. The zero-order chi connectivity index (χ0) is 17.0. The number of likely N-dealkylation sites (tertiary alicyclic amines) is 1. The number of nitrogens with zero attached hydrogens (tertiary/aromatic N) is 1. The van der Waals surface area contributed by atoms with Crippen LogP contribution in [0, 0.1) is 5.92 Å². The van der Waals surface area contributed by atoms with Crippen LogP contribution < -0.4 is 4.72 Å². The number of nitrogens with one attached hydrogen (secondary N) is 1. The number of piperidine rings is 1. The zero-order valence-corrected chi connectivity index (χ0v) is 13.9. The first kappa shape index (κ1) is 17.5. The molecule has 1 aliphatic rings. The van der Waals surface area contributed by atoms with E-state index in [1.54, 1.807) is 11.8 Å². The SMILES string of the molecule is CCOC(=O)C1CCN(C(=O)c2ccc(S(=O)(=O)NC)o2)CC1. The van der Waals surface area contributed by atoms with Gasteiger partial charge in [-0.05, 0) is 38.9 Å². The normalized spacial score (nSPS) is 16.3. The molecule has 1 aromatic heterocycles. The summed E-state index contributed by atoms with van der Waals surface area (Å²) in [5, 5.41) is -0.301. The predicted molar refractivity (Wildman–Crippen MR) is 80.2 cm³/mol. The van der Waals surface area contributed by atoms with Crippen molar-refractivity contribution in [1.82, 2.24) is 9.62 Å². The lowest BCUT2D eigenvalue weighted by atomic mass is 9.97. The molecule has 23 heavy (non-hydrogen) atoms. The fourth-order valence-corrected chi connectivity index (χ4v) is 3.06. The number of hydrogen-bond acceptors (Lipinski definition) is 6. The summed E-state index contributed by atoms with van der Waals surface area (Å²) in [6, 6.07) is 2.58. The second-order valence-corrected chi connectivity index (χ2v) is 6.96. The molecule has 0 aliphatic carbocycles. The molecule has 0 unspecified atom stereocenters. The molecule has 1 fully saturated rings. The Labute approximate surface area is 134 Å². The summed E-state index contributed by atoms with van der Waals surface area (Å²) in [6.07, 6.45) is 1.04. The number of carbonyl (C=O) groups excluding carboxylic acids is 2. The molecule has 1 aliphatic heterocycles. The molecule has 1 saturated heterocycles. The van der Waals surface area contributed by atoms with Crippen molar-refractivity contribution in [3.63, 3.8) is 0 Å². The second kappa shape index (κ2) is 7.14. The first-order chi connectivity index (χ1) is 10.9. The van der Waals surface area contributed by atoms with E-state index in [0.29, 0.717) is 32.5 Å². The van der Waals surface area contributed by atoms with E-state index in [2.05, 4.69) is 4.72 Å². The average Bonchev–Trinajstić information content (AvgIpc) is 3.05. The number of ether oxygens (including phenoxy) is 1. The minimum absolute atomic E-state index is 0.0339. The lowest BCUT2D eigenvalue weighted by molar-refractivity contribution is -0.149. The third-order valence-corrected chi connectivity index (χ3v) is 5.01. The van der Waals surface area contributed by atoms with Gasteiger partial charge < -0.3 is 14.1 Å². The van der Waals surface area contributed by atoms with Gasteiger partial charge in [-0.3, -0.25) is 9.59 Å². The van der Waals surface area contributed by atoms with E-state index in [4.69, 9.17) is 9.15 Å². The van der Waals surface area contributed by atoms with Crippen LogP contribution in [0.1, 0.15) is 30.3 Å². The van der Waals surface area contributed by atoms with Crippen molar-refractivity contribution >= 4 is 21.9 Å². The van der Waals surface area contributed by atoms with Crippen LogP contribution in [-0.4, -0.2) is 51.9 Å². The Morgan fingerprint density at radius 1 is 1.35 bits per heavy atom. The molecule has 1 N–H and O–H groups in total. The summed E-state index contributed by atoms with van der Waals surface area (Å²) in [5.41, 5.74) is 0. The smallest absolute Gasteiger partial charge is 0.309 e. The van der Waals surface area contributed by atoms with Gasteiger partial charge in [0.25, 0.3) is 15.9 Å². The monoisotopic (exact) mass is 344 g/mol. The fraction of sp³-hybridized carbons (Fsp3) is 0.571. The van der Waals surface area contributed by atoms with Crippen LogP contribution in [-0.2, 0) is 19.6 Å². The van der Waals surface area contributed by atoms with Gasteiger partial charge in [0.2, 0.25) is 5.09 Å². The van der Waals surface area contributed by atoms with Crippen molar-refractivity contribution in [2.75, 3.05) is 26.7 Å². The standard InChI is InChI=1S/C14H20N2O6S/c1-3-21-14(18)10-6-8-16(9-7-10)13(17)11-4-5-12(22-11)23(19,20)15-2/h4-5,10,15H,3,6-9H2,1-2H3. The number of esters is 1. The van der Waals surface area contributed by atoms with Crippen molar-refractivity contribution in [1.29, 1.82) is 0 Å². The van der Waals surface area contributed by atoms with Gasteiger partial charge in [-0.1, -0.05) is 0 Å². The molecule has 128 valence electrons. The van der Waals surface area contributed by atoms with E-state index in [1.165, 1.54) is 19.2 Å². The van der Waals surface area contributed by atoms with Gasteiger partial charge >= 0.3 is 5.97 Å². The second-order valence-electron chi connectivity index (χ2n) is 5.14. The molecule has 1 amide bonds. The molecule has 0 radical (unpaired) electrons. The number of rotatable bonds is 5. The molecule has 2 heterocycles. The Kier molecular flexibility index (Phi) is 5.42. The van der Waals surface area contributed by atoms with Gasteiger partial charge in [-0.15, -0.1) is 0 Å². The van der Waals surface area contributed by atoms with Crippen LogP contribution in [0.15, 0.2) is 21.6 Å². The highest BCUT2D eigenvalue weighted by molar-refractivity contribution is 7.89. The van der Waals surface area contributed by atoms with E-state index in [1.807, 2.05) is 0 Å². The summed E-state index contributed by atoms with van der Waals surface area (Å²) in [7, 11) is -2.45. The highest BCUT2D eigenvalue weighted by Gasteiger charge is 2.30. The minimum atomic E-state index is -3.72. The predicted octanol–water partition coefficient (Wildman–Crippen LogP) is 0.603. The number of furan rings is 1. The molecule has 2 rings (SSSR count). The Morgan fingerprint density at radius 2 is 2.00 bits per heavy atom. The van der Waals surface area contributed by atoms with Crippen LogP contribution in [0.25, 0.3) is 0 Å². The zero-order valence-electron chi connectivity index (χ0n) is 13.1.